The first-order valence-corrected chi connectivity index (χ1v) is 0.258. The Kier molecular flexibility index (Phi) is 51.2. The third kappa shape index (κ3) is 27.6. The predicted molar refractivity (Wildman–Crippen MR) is 14.6 cm³/mol. The summed E-state index contributed by atoms with van der Waals surface area (Å²) >= 11 is 0. The summed E-state index contributed by atoms with van der Waals surface area (Å²) in [6, 6.07) is 0. The van der Waals surface area contributed by atoms with Gasteiger partial charge in [-0.05, 0) is 0 Å². The van der Waals surface area contributed by atoms with Crippen LogP contribution in [0.15, 0.2) is 0 Å². The molecule has 0 spiro atoms. The van der Waals surface area contributed by atoms with Gasteiger partial charge in [-0.2, -0.15) is 0 Å². The van der Waals surface area contributed by atoms with E-state index >= 15 is 0 Å². The molecule has 6 heavy (non-hydrogen) atoms. The fraction of sp³-hybridized carbons (Fsp3) is 1.00. The van der Waals surface area contributed by atoms with Crippen molar-refractivity contribution in [1.82, 2.24) is 0 Å². The summed E-state index contributed by atoms with van der Waals surface area (Å²) in [4.78, 5) is 0. The fourth-order valence-corrected chi connectivity index (χ4v) is 0. The van der Waals surface area contributed by atoms with Gasteiger partial charge in [-0.1, -0.05) is 0 Å². The molecule has 0 aliphatic rings. The molecule has 0 aromatic heterocycles. The van der Waals surface area contributed by atoms with Gasteiger partial charge in [0.1, 0.15) is 0 Å². The SMILES string of the molecule is [2H]C([2H])[N+]([2H])([2H])[2H].[I-].[I-].[I-].[Pb+2]. The quantitative estimate of drug-likeness (QED) is 0.205. The standard InChI is InChI=1S/CH5N.3HI.Pb/c1-2;;;;/h2H2,1H3;3*1H;/q;;;;+2/p-2/i1D2;;;;/hD3. The maximum absolute atomic E-state index is 6.31. The van der Waals surface area contributed by atoms with Crippen LogP contribution < -0.4 is 77.6 Å². The number of halogens is 3. The van der Waals surface area contributed by atoms with Crippen LogP contribution in [0.3, 0.4) is 0 Å². The van der Waals surface area contributed by atoms with Crippen molar-refractivity contribution in [2.75, 3.05) is 7.00 Å². The van der Waals surface area contributed by atoms with Crippen molar-refractivity contribution < 1.29 is 84.6 Å². The summed E-state index contributed by atoms with van der Waals surface area (Å²) in [5.41, 5.74) is -1.86. The number of hydrogen-bond donors (Lipinski definition) is 1. The van der Waals surface area contributed by atoms with Crippen molar-refractivity contribution in [3.05, 3.63) is 0 Å². The van der Waals surface area contributed by atoms with Crippen LogP contribution in [-0.2, 0) is 0 Å². The van der Waals surface area contributed by atoms with Crippen LogP contribution in [0.4, 0.5) is 0 Å². The minimum Gasteiger partial charge on any atom is -1.00 e. The topological polar surface area (TPSA) is 27.6 Å². The van der Waals surface area contributed by atoms with E-state index in [1.54, 1.807) is 0 Å². The van der Waals surface area contributed by atoms with E-state index in [0.717, 1.165) is 0 Å². The predicted octanol–water partition coefficient (Wildman–Crippen LogP) is -10.5. The van der Waals surface area contributed by atoms with E-state index in [-0.39, 0.29) is 99.2 Å². The van der Waals surface area contributed by atoms with Gasteiger partial charge >= 0.3 is 31.5 Å². The molecule has 1 nitrogen and oxygen atoms in total. The molecule has 2 radical (unpaired) electrons. The zero-order chi connectivity index (χ0) is 6.08. The van der Waals surface area contributed by atoms with Crippen molar-refractivity contribution in [2.24, 2.45) is 0 Å². The molecule has 0 heterocycles. The average Bonchev–Trinajstić information content (AvgIpc) is 1.31. The maximum Gasteiger partial charge on any atom is 2.00 e. The summed E-state index contributed by atoms with van der Waals surface area (Å²) in [7, 11) is 0. The Bertz CT molecular complexity index is 67.2. The van der Waals surface area contributed by atoms with Crippen LogP contribution in [0, 0.1) is 0 Å². The second-order valence-corrected chi connectivity index (χ2v) is 0. The summed E-state index contributed by atoms with van der Waals surface area (Å²) in [5.74, 6) is 0. The Morgan fingerprint density at radius 3 is 1.67 bits per heavy atom. The van der Waals surface area contributed by atoms with Gasteiger partial charge in [0.2, 0.25) is 0 Å². The van der Waals surface area contributed by atoms with Gasteiger partial charge in [0.05, 0.1) is 9.74 Å². The fourth-order valence-electron chi connectivity index (χ4n) is 0. The van der Waals surface area contributed by atoms with E-state index in [0.29, 0.717) is 0 Å². The first kappa shape index (κ1) is 7.18. The van der Waals surface area contributed by atoms with Crippen LogP contribution in [0.2, 0.25) is 4.24 Å². The Balaban J connectivity index is -0.0000000300. The number of quaternary nitrogens is 1. The smallest absolute Gasteiger partial charge is 1.00 e. The third-order valence-corrected chi connectivity index (χ3v) is 0. The first-order valence-electron chi connectivity index (χ1n) is 2.75. The molecule has 0 aromatic carbocycles. The summed E-state index contributed by atoms with van der Waals surface area (Å²) in [5, 5.41) is 0. The molecule has 0 unspecified atom stereocenters. The molecule has 0 saturated carbocycles. The molecule has 0 aliphatic carbocycles. The van der Waals surface area contributed by atoms with Gasteiger partial charge in [0.15, 0.2) is 0 Å². The molecule has 0 aliphatic heterocycles. The van der Waals surface area contributed by atoms with Gasteiger partial charge in [-0.25, -0.2) is 0 Å². The summed E-state index contributed by atoms with van der Waals surface area (Å²) in [6.07, 6.45) is 0. The van der Waals surface area contributed by atoms with Gasteiger partial charge in [-0.3, -0.25) is 0 Å². The van der Waals surface area contributed by atoms with Gasteiger partial charge < -0.3 is 77.6 Å². The molecule has 40 valence electrons. The zero-order valence-electron chi connectivity index (χ0n) is 7.66. The van der Waals surface area contributed by atoms with Crippen molar-refractivity contribution in [2.45, 2.75) is 0 Å². The van der Waals surface area contributed by atoms with E-state index in [1.807, 2.05) is 0 Å². The molecule has 0 aromatic rings. The normalized spacial score (nSPS) is 15.8. The molecule has 0 bridgehead atoms. The number of hydrogen-bond acceptors (Lipinski definition) is 0. The van der Waals surface area contributed by atoms with Crippen molar-refractivity contribution in [3.8, 4) is 0 Å². The molecule has 0 amide bonds. The van der Waals surface area contributed by atoms with E-state index in [2.05, 4.69) is 0 Å². The second-order valence-electron chi connectivity index (χ2n) is 0. The minimum absolute atomic E-state index is 0. The van der Waals surface area contributed by atoms with Crippen LogP contribution in [0.1, 0.15) is 2.74 Å². The Morgan fingerprint density at radius 2 is 1.67 bits per heavy atom. The monoisotopic (exact) mass is 626 g/mol. The molecule has 5 heteroatoms. The maximum atomic E-state index is 6.31. The molecule has 0 fully saturated rings. The van der Waals surface area contributed by atoms with Crippen molar-refractivity contribution in [1.29, 1.82) is 0 Å². The van der Waals surface area contributed by atoms with Crippen LogP contribution in [0.25, 0.3) is 0 Å². The molecule has 0 rings (SSSR count). The largest absolute Gasteiger partial charge is 2.00 e. The first-order chi connectivity index (χ1) is 2.94. The van der Waals surface area contributed by atoms with Gasteiger partial charge in [0.25, 0.3) is 0 Å². The van der Waals surface area contributed by atoms with Crippen LogP contribution >= 0.6 is 0 Å². The molecule has 0 saturated heterocycles. The Labute approximate surface area is 117 Å². The van der Waals surface area contributed by atoms with E-state index in [9.17, 15) is 0 Å². The third-order valence-electron chi connectivity index (χ3n) is 0. The second kappa shape index (κ2) is 42.8. The summed E-state index contributed by atoms with van der Waals surface area (Å²) in [6.45, 7) is -1.76. The van der Waals surface area contributed by atoms with E-state index in [4.69, 9.17) is 6.98 Å². The van der Waals surface area contributed by atoms with E-state index < -0.39 is 12.7 Å². The Hall–Kier alpha value is 3.07. The molecular weight excluding hydrogens is 614 g/mol. The Morgan fingerprint density at radius 1 is 1.50 bits per heavy atom. The average molecular weight is 625 g/mol. The van der Waals surface area contributed by atoms with Crippen LogP contribution in [0.5, 0.6) is 0 Å². The van der Waals surface area contributed by atoms with Gasteiger partial charge in [-0.15, -0.1) is 0 Å². The zero-order valence-corrected chi connectivity index (χ0v) is 13.0. The minimum atomic E-state index is -1.86. The number of rotatable bonds is 0. The molecule has 3 N–H and O–H groups in total. The van der Waals surface area contributed by atoms with Crippen molar-refractivity contribution >= 4 is 27.3 Å². The van der Waals surface area contributed by atoms with Crippen molar-refractivity contribution in [3.63, 3.8) is 0 Å². The van der Waals surface area contributed by atoms with Crippen LogP contribution in [-0.4, -0.2) is 34.3 Å². The molecule has 0 atom stereocenters. The van der Waals surface area contributed by atoms with Gasteiger partial charge in [0, 0.05) is 0 Å². The summed E-state index contributed by atoms with van der Waals surface area (Å²) < 4.78 is 31.5. The van der Waals surface area contributed by atoms with E-state index in [1.165, 1.54) is 0 Å². The molecular formula is CH6I3NPb.